The van der Waals surface area contributed by atoms with Gasteiger partial charge in [0.05, 0.1) is 23.6 Å². The molecular formula is C25H23N3O4S. The van der Waals surface area contributed by atoms with Crippen LogP contribution in [0.4, 0.5) is 5.13 Å². The van der Waals surface area contributed by atoms with Crippen LogP contribution >= 0.6 is 11.3 Å². The summed E-state index contributed by atoms with van der Waals surface area (Å²) in [6.07, 6.45) is 1.97. The smallest absolute Gasteiger partial charge is 0.297 e. The van der Waals surface area contributed by atoms with E-state index in [0.29, 0.717) is 34.0 Å². The van der Waals surface area contributed by atoms with Gasteiger partial charge in [-0.25, -0.2) is 0 Å². The largest absolute Gasteiger partial charge is 0.494 e. The maximum atomic E-state index is 13.7. The third-order valence-corrected chi connectivity index (χ3v) is 6.53. The zero-order chi connectivity index (χ0) is 23.1. The molecule has 0 N–H and O–H groups in total. The Balaban J connectivity index is 1.71. The van der Waals surface area contributed by atoms with Gasteiger partial charge >= 0.3 is 0 Å². The van der Waals surface area contributed by atoms with Gasteiger partial charge in [0.2, 0.25) is 10.9 Å². The summed E-state index contributed by atoms with van der Waals surface area (Å²) in [5.41, 5.74) is 2.19. The molecule has 4 aromatic rings. The molecule has 168 valence electrons. The van der Waals surface area contributed by atoms with Crippen LogP contribution in [0.2, 0.25) is 0 Å². The minimum absolute atomic E-state index is 0.0477. The van der Waals surface area contributed by atoms with Crippen LogP contribution in [0.25, 0.3) is 11.0 Å². The predicted molar refractivity (Wildman–Crippen MR) is 127 cm³/mol. The molecule has 1 atom stereocenters. The van der Waals surface area contributed by atoms with Gasteiger partial charge in [-0.2, -0.15) is 0 Å². The average Bonchev–Trinajstić information content (AvgIpc) is 3.36. The highest BCUT2D eigenvalue weighted by molar-refractivity contribution is 7.15. The van der Waals surface area contributed by atoms with Crippen LogP contribution < -0.4 is 15.1 Å². The van der Waals surface area contributed by atoms with Crippen LogP contribution in [0, 0.1) is 13.8 Å². The Morgan fingerprint density at radius 1 is 1.12 bits per heavy atom. The van der Waals surface area contributed by atoms with E-state index in [1.807, 2.05) is 44.2 Å². The molecule has 33 heavy (non-hydrogen) atoms. The highest BCUT2D eigenvalue weighted by Gasteiger charge is 2.45. The number of nitrogens with zero attached hydrogens (tertiary/aromatic N) is 3. The number of carbonyl (C=O) groups excluding carboxylic acids is 1. The van der Waals surface area contributed by atoms with Gasteiger partial charge in [-0.3, -0.25) is 14.5 Å². The number of aryl methyl sites for hydroxylation is 2. The average molecular weight is 462 g/mol. The minimum atomic E-state index is -0.685. The molecule has 0 saturated carbocycles. The summed E-state index contributed by atoms with van der Waals surface area (Å²) in [4.78, 5) is 28.7. The Kier molecular flexibility index (Phi) is 5.46. The zero-order valence-corrected chi connectivity index (χ0v) is 19.4. The number of aromatic nitrogens is 2. The minimum Gasteiger partial charge on any atom is -0.494 e. The number of fused-ring (bicyclic) bond motifs is 2. The lowest BCUT2D eigenvalue weighted by Gasteiger charge is -2.22. The third kappa shape index (κ3) is 3.70. The maximum absolute atomic E-state index is 13.7. The fourth-order valence-corrected chi connectivity index (χ4v) is 4.81. The first-order valence-corrected chi connectivity index (χ1v) is 11.7. The number of hydrogen-bond donors (Lipinski definition) is 0. The van der Waals surface area contributed by atoms with Gasteiger partial charge in [0.1, 0.15) is 16.3 Å². The number of amides is 1. The molecule has 7 nitrogen and oxygen atoms in total. The Morgan fingerprint density at radius 3 is 2.73 bits per heavy atom. The number of hydrogen-bond acceptors (Lipinski definition) is 7. The fourth-order valence-electron chi connectivity index (χ4n) is 4.09. The van der Waals surface area contributed by atoms with Crippen LogP contribution in [-0.4, -0.2) is 22.7 Å². The molecule has 3 heterocycles. The second-order valence-corrected chi connectivity index (χ2v) is 9.29. The van der Waals surface area contributed by atoms with Crippen molar-refractivity contribution < 1.29 is 13.9 Å². The Morgan fingerprint density at radius 2 is 1.97 bits per heavy atom. The molecule has 0 aliphatic carbocycles. The first-order valence-electron chi connectivity index (χ1n) is 10.9. The molecule has 2 aromatic heterocycles. The SMILES string of the molecule is CCCCOc1cccc(C2c3c(oc4ccc(C)cc4c3=O)C(=O)N2c2nnc(C)s2)c1. The number of anilines is 1. The van der Waals surface area contributed by atoms with Crippen LogP contribution in [0.1, 0.15) is 58.1 Å². The molecule has 0 spiro atoms. The van der Waals surface area contributed by atoms with Crippen molar-refractivity contribution in [2.75, 3.05) is 11.5 Å². The van der Waals surface area contributed by atoms with Gasteiger partial charge in [-0.1, -0.05) is 48.4 Å². The van der Waals surface area contributed by atoms with E-state index in [2.05, 4.69) is 17.1 Å². The molecule has 0 bridgehead atoms. The van der Waals surface area contributed by atoms with Gasteiger partial charge in [0, 0.05) is 0 Å². The highest BCUT2D eigenvalue weighted by atomic mass is 32.1. The summed E-state index contributed by atoms with van der Waals surface area (Å²) in [6, 6.07) is 12.2. The molecule has 2 aromatic carbocycles. The van der Waals surface area contributed by atoms with E-state index < -0.39 is 11.9 Å². The lowest BCUT2D eigenvalue weighted by Crippen LogP contribution is -2.29. The highest BCUT2D eigenvalue weighted by Crippen LogP contribution is 2.42. The van der Waals surface area contributed by atoms with Crippen LogP contribution in [-0.2, 0) is 0 Å². The lowest BCUT2D eigenvalue weighted by molar-refractivity contribution is 0.0970. The van der Waals surface area contributed by atoms with Gasteiger partial charge in [0.25, 0.3) is 5.91 Å². The molecular weight excluding hydrogens is 438 g/mol. The zero-order valence-electron chi connectivity index (χ0n) is 18.6. The van der Waals surface area contributed by atoms with E-state index in [4.69, 9.17) is 9.15 Å². The monoisotopic (exact) mass is 461 g/mol. The van der Waals surface area contributed by atoms with E-state index in [-0.39, 0.29) is 11.2 Å². The second kappa shape index (κ2) is 8.44. The standard InChI is InChI=1S/C25H23N3O4S/c1-4-5-11-31-17-8-6-7-16(13-17)21-20-22(29)18-12-14(2)9-10-19(18)32-23(20)24(30)28(21)25-27-26-15(3)33-25/h6-10,12-13,21H,4-5,11H2,1-3H3. The molecule has 1 aliphatic heterocycles. The van der Waals surface area contributed by atoms with Crippen molar-refractivity contribution in [1.29, 1.82) is 0 Å². The van der Waals surface area contributed by atoms with Crippen molar-refractivity contribution in [1.82, 2.24) is 10.2 Å². The topological polar surface area (TPSA) is 85.5 Å². The molecule has 0 radical (unpaired) electrons. The number of carbonyl (C=O) groups is 1. The third-order valence-electron chi connectivity index (χ3n) is 5.69. The fraction of sp³-hybridized carbons (Fsp3) is 0.280. The Bertz CT molecular complexity index is 1420. The van der Waals surface area contributed by atoms with Crippen molar-refractivity contribution in [2.24, 2.45) is 0 Å². The molecule has 0 saturated heterocycles. The van der Waals surface area contributed by atoms with E-state index >= 15 is 0 Å². The van der Waals surface area contributed by atoms with Gasteiger partial charge in [-0.15, -0.1) is 10.2 Å². The molecule has 5 rings (SSSR count). The van der Waals surface area contributed by atoms with Crippen molar-refractivity contribution in [3.05, 3.63) is 80.1 Å². The van der Waals surface area contributed by atoms with Crippen LogP contribution in [0.3, 0.4) is 0 Å². The predicted octanol–water partition coefficient (Wildman–Crippen LogP) is 5.19. The summed E-state index contributed by atoms with van der Waals surface area (Å²) in [5.74, 6) is 0.339. The number of benzene rings is 2. The van der Waals surface area contributed by atoms with E-state index in [1.165, 1.54) is 16.2 Å². The molecule has 1 aliphatic rings. The van der Waals surface area contributed by atoms with E-state index in [0.717, 1.165) is 29.0 Å². The molecule has 1 amide bonds. The van der Waals surface area contributed by atoms with Crippen molar-refractivity contribution in [3.8, 4) is 5.75 Å². The Labute approximate surface area is 194 Å². The maximum Gasteiger partial charge on any atom is 0.297 e. The van der Waals surface area contributed by atoms with Crippen LogP contribution in [0.15, 0.2) is 51.7 Å². The van der Waals surface area contributed by atoms with E-state index in [9.17, 15) is 9.59 Å². The molecule has 8 heteroatoms. The number of rotatable bonds is 6. The van der Waals surface area contributed by atoms with Crippen molar-refractivity contribution in [3.63, 3.8) is 0 Å². The van der Waals surface area contributed by atoms with Crippen molar-refractivity contribution in [2.45, 2.75) is 39.7 Å². The normalized spacial score (nSPS) is 15.3. The van der Waals surface area contributed by atoms with Gasteiger partial charge < -0.3 is 9.15 Å². The first-order chi connectivity index (χ1) is 16.0. The van der Waals surface area contributed by atoms with E-state index in [1.54, 1.807) is 12.1 Å². The lowest BCUT2D eigenvalue weighted by atomic mass is 9.98. The van der Waals surface area contributed by atoms with Gasteiger partial charge in [-0.05, 0) is 50.1 Å². The summed E-state index contributed by atoms with van der Waals surface area (Å²) in [5, 5.41) is 9.89. The number of ether oxygens (including phenoxy) is 1. The first kappa shape index (κ1) is 21.3. The van der Waals surface area contributed by atoms with Crippen LogP contribution in [0.5, 0.6) is 5.75 Å². The van der Waals surface area contributed by atoms with Crippen molar-refractivity contribution >= 4 is 33.3 Å². The summed E-state index contributed by atoms with van der Waals surface area (Å²) in [6.45, 7) is 6.45. The summed E-state index contributed by atoms with van der Waals surface area (Å²) >= 11 is 1.30. The molecule has 0 fully saturated rings. The second-order valence-electron chi connectivity index (χ2n) is 8.13. The number of unbranched alkanes of at least 4 members (excludes halogenated alkanes) is 1. The Hall–Kier alpha value is -3.52. The summed E-state index contributed by atoms with van der Waals surface area (Å²) in [7, 11) is 0. The van der Waals surface area contributed by atoms with Gasteiger partial charge in [0.15, 0.2) is 5.43 Å². The molecule has 1 unspecified atom stereocenters. The quantitative estimate of drug-likeness (QED) is 0.367. The summed E-state index contributed by atoms with van der Waals surface area (Å²) < 4.78 is 11.9.